The predicted octanol–water partition coefficient (Wildman–Crippen LogP) is 1.75. The fourth-order valence-corrected chi connectivity index (χ4v) is 2.01. The van der Waals surface area contributed by atoms with E-state index in [-0.39, 0.29) is 0 Å². The Balaban J connectivity index is 2.44. The Morgan fingerprint density at radius 2 is 2.12 bits per heavy atom. The number of hydrogen-bond donors (Lipinski definition) is 1. The molecule has 0 aliphatic heterocycles. The van der Waals surface area contributed by atoms with Crippen LogP contribution in [-0.4, -0.2) is 21.3 Å². The maximum Gasteiger partial charge on any atom is 0.159 e. The molecule has 0 amide bonds. The number of aryl methyl sites for hydroxylation is 1. The van der Waals surface area contributed by atoms with Crippen LogP contribution in [0.2, 0.25) is 0 Å². The van der Waals surface area contributed by atoms with Crippen LogP contribution in [0.15, 0.2) is 28.7 Å². The Kier molecular flexibility index (Phi) is 3.36. The molecular weight excluding hydrogens is 268 g/mol. The summed E-state index contributed by atoms with van der Waals surface area (Å²) in [4.78, 5) is 4.47. The SMILES string of the molecule is Cn1nc(CCN)nc1-c1ccccc1Br. The minimum Gasteiger partial charge on any atom is -0.330 e. The lowest BCUT2D eigenvalue weighted by molar-refractivity contribution is 0.744. The largest absolute Gasteiger partial charge is 0.330 e. The minimum absolute atomic E-state index is 0.569. The number of hydrogen-bond acceptors (Lipinski definition) is 3. The van der Waals surface area contributed by atoms with Gasteiger partial charge in [0.05, 0.1) is 0 Å². The van der Waals surface area contributed by atoms with Gasteiger partial charge in [-0.05, 0) is 12.6 Å². The van der Waals surface area contributed by atoms with Gasteiger partial charge in [0.15, 0.2) is 11.6 Å². The second-order valence-corrected chi connectivity index (χ2v) is 4.35. The van der Waals surface area contributed by atoms with Crippen LogP contribution in [0.1, 0.15) is 5.82 Å². The molecule has 0 radical (unpaired) electrons. The normalized spacial score (nSPS) is 10.7. The van der Waals surface area contributed by atoms with Crippen molar-refractivity contribution in [3.8, 4) is 11.4 Å². The smallest absolute Gasteiger partial charge is 0.159 e. The third-order valence-corrected chi connectivity index (χ3v) is 2.98. The number of nitrogens with two attached hydrogens (primary N) is 1. The molecule has 16 heavy (non-hydrogen) atoms. The van der Waals surface area contributed by atoms with E-state index in [4.69, 9.17) is 5.73 Å². The summed E-state index contributed by atoms with van der Waals surface area (Å²) in [6, 6.07) is 7.97. The highest BCUT2D eigenvalue weighted by molar-refractivity contribution is 9.10. The summed E-state index contributed by atoms with van der Waals surface area (Å²) in [5.41, 5.74) is 6.53. The van der Waals surface area contributed by atoms with E-state index in [1.54, 1.807) is 4.68 Å². The lowest BCUT2D eigenvalue weighted by Crippen LogP contribution is -2.04. The molecule has 84 valence electrons. The summed E-state index contributed by atoms with van der Waals surface area (Å²) in [5.74, 6) is 1.65. The van der Waals surface area contributed by atoms with E-state index < -0.39 is 0 Å². The van der Waals surface area contributed by atoms with Crippen molar-refractivity contribution in [2.75, 3.05) is 6.54 Å². The van der Waals surface area contributed by atoms with Crippen molar-refractivity contribution in [1.82, 2.24) is 14.8 Å². The first-order valence-electron chi connectivity index (χ1n) is 5.07. The zero-order valence-corrected chi connectivity index (χ0v) is 10.6. The minimum atomic E-state index is 0.569. The van der Waals surface area contributed by atoms with Crippen molar-refractivity contribution in [2.24, 2.45) is 12.8 Å². The van der Waals surface area contributed by atoms with Gasteiger partial charge in [-0.15, -0.1) is 0 Å². The van der Waals surface area contributed by atoms with Crippen molar-refractivity contribution >= 4 is 15.9 Å². The molecule has 2 aromatic rings. The Hall–Kier alpha value is -1.20. The number of rotatable bonds is 3. The molecule has 0 aliphatic rings. The molecular formula is C11H13BrN4. The van der Waals surface area contributed by atoms with E-state index in [1.165, 1.54) is 0 Å². The van der Waals surface area contributed by atoms with Gasteiger partial charge in [0.25, 0.3) is 0 Å². The third kappa shape index (κ3) is 2.15. The number of aromatic nitrogens is 3. The molecule has 0 saturated heterocycles. The van der Waals surface area contributed by atoms with Gasteiger partial charge in [-0.2, -0.15) is 5.10 Å². The number of nitrogens with zero attached hydrogens (tertiary/aromatic N) is 3. The monoisotopic (exact) mass is 280 g/mol. The molecule has 0 atom stereocenters. The summed E-state index contributed by atoms with van der Waals surface area (Å²) >= 11 is 3.51. The molecule has 0 bridgehead atoms. The average molecular weight is 281 g/mol. The first-order chi connectivity index (χ1) is 7.72. The van der Waals surface area contributed by atoms with Crippen LogP contribution in [-0.2, 0) is 13.5 Å². The van der Waals surface area contributed by atoms with Gasteiger partial charge in [0, 0.05) is 23.5 Å². The first-order valence-corrected chi connectivity index (χ1v) is 5.86. The molecule has 1 aromatic heterocycles. The van der Waals surface area contributed by atoms with E-state index in [1.807, 2.05) is 31.3 Å². The maximum absolute atomic E-state index is 5.49. The van der Waals surface area contributed by atoms with Gasteiger partial charge in [-0.25, -0.2) is 9.67 Å². The van der Waals surface area contributed by atoms with Gasteiger partial charge in [-0.3, -0.25) is 0 Å². The van der Waals surface area contributed by atoms with Crippen molar-refractivity contribution < 1.29 is 0 Å². The topological polar surface area (TPSA) is 56.7 Å². The fraction of sp³-hybridized carbons (Fsp3) is 0.273. The van der Waals surface area contributed by atoms with Crippen LogP contribution >= 0.6 is 15.9 Å². The summed E-state index contributed by atoms with van der Waals surface area (Å²) < 4.78 is 2.80. The Morgan fingerprint density at radius 3 is 2.81 bits per heavy atom. The highest BCUT2D eigenvalue weighted by atomic mass is 79.9. The molecule has 2 rings (SSSR count). The standard InChI is InChI=1S/C11H13BrN4/c1-16-11(14-10(15-16)6-7-13)8-4-2-3-5-9(8)12/h2-5H,6-7,13H2,1H3. The molecule has 1 aromatic carbocycles. The molecule has 5 heteroatoms. The summed E-state index contributed by atoms with van der Waals surface area (Å²) in [6.45, 7) is 0.569. The van der Waals surface area contributed by atoms with Gasteiger partial charge < -0.3 is 5.73 Å². The molecule has 0 spiro atoms. The van der Waals surface area contributed by atoms with E-state index in [2.05, 4.69) is 26.0 Å². The Morgan fingerprint density at radius 1 is 1.38 bits per heavy atom. The summed E-state index contributed by atoms with van der Waals surface area (Å²) in [5, 5.41) is 4.32. The predicted molar refractivity (Wildman–Crippen MR) is 66.9 cm³/mol. The van der Waals surface area contributed by atoms with Crippen LogP contribution in [0.4, 0.5) is 0 Å². The fourth-order valence-electron chi connectivity index (χ4n) is 1.55. The van der Waals surface area contributed by atoms with Crippen LogP contribution in [0.5, 0.6) is 0 Å². The van der Waals surface area contributed by atoms with E-state index in [0.717, 1.165) is 21.7 Å². The molecule has 0 fully saturated rings. The Bertz CT molecular complexity index is 492. The molecule has 4 nitrogen and oxygen atoms in total. The van der Waals surface area contributed by atoms with E-state index in [9.17, 15) is 0 Å². The maximum atomic E-state index is 5.49. The van der Waals surface area contributed by atoms with Crippen LogP contribution in [0.3, 0.4) is 0 Å². The first kappa shape index (κ1) is 11.3. The zero-order valence-electron chi connectivity index (χ0n) is 9.02. The van der Waals surface area contributed by atoms with Crippen LogP contribution < -0.4 is 5.73 Å². The Labute approximate surface area is 103 Å². The van der Waals surface area contributed by atoms with Crippen molar-refractivity contribution in [1.29, 1.82) is 0 Å². The van der Waals surface area contributed by atoms with Crippen LogP contribution in [0, 0.1) is 0 Å². The van der Waals surface area contributed by atoms with Gasteiger partial charge >= 0.3 is 0 Å². The van der Waals surface area contributed by atoms with E-state index in [0.29, 0.717) is 13.0 Å². The highest BCUT2D eigenvalue weighted by Crippen LogP contribution is 2.25. The summed E-state index contributed by atoms with van der Waals surface area (Å²) in [7, 11) is 1.89. The lowest BCUT2D eigenvalue weighted by Gasteiger charge is -2.01. The van der Waals surface area contributed by atoms with Gasteiger partial charge in [-0.1, -0.05) is 34.1 Å². The van der Waals surface area contributed by atoms with Gasteiger partial charge in [0.1, 0.15) is 0 Å². The third-order valence-electron chi connectivity index (χ3n) is 2.29. The van der Waals surface area contributed by atoms with E-state index >= 15 is 0 Å². The lowest BCUT2D eigenvalue weighted by atomic mass is 10.2. The van der Waals surface area contributed by atoms with Crippen LogP contribution in [0.25, 0.3) is 11.4 Å². The second-order valence-electron chi connectivity index (χ2n) is 3.49. The van der Waals surface area contributed by atoms with Crippen molar-refractivity contribution in [3.63, 3.8) is 0 Å². The second kappa shape index (κ2) is 4.76. The molecule has 0 saturated carbocycles. The molecule has 0 aliphatic carbocycles. The summed E-state index contributed by atoms with van der Waals surface area (Å²) in [6.07, 6.45) is 0.707. The highest BCUT2D eigenvalue weighted by Gasteiger charge is 2.10. The zero-order chi connectivity index (χ0) is 11.5. The molecule has 2 N–H and O–H groups in total. The molecule has 1 heterocycles. The quantitative estimate of drug-likeness (QED) is 0.932. The van der Waals surface area contributed by atoms with Gasteiger partial charge in [0.2, 0.25) is 0 Å². The molecule has 0 unspecified atom stereocenters. The van der Waals surface area contributed by atoms with Crippen molar-refractivity contribution in [3.05, 3.63) is 34.6 Å². The average Bonchev–Trinajstić information content (AvgIpc) is 2.61. The van der Waals surface area contributed by atoms with Crippen molar-refractivity contribution in [2.45, 2.75) is 6.42 Å². The number of halogens is 1. The number of benzene rings is 1.